The van der Waals surface area contributed by atoms with E-state index in [0.717, 1.165) is 122 Å². The molecule has 6 heterocycles. The largest absolute Gasteiger partial charge is 0.236 e. The van der Waals surface area contributed by atoms with Crippen molar-refractivity contribution >= 4 is 164 Å². The van der Waals surface area contributed by atoms with E-state index in [0.29, 0.717) is 10.5 Å². The summed E-state index contributed by atoms with van der Waals surface area (Å²) >= 11 is 20.5. The summed E-state index contributed by atoms with van der Waals surface area (Å²) in [6.45, 7) is 0. The molecule has 6 aromatic heterocycles. The molecular weight excluding hydrogens is 1580 g/mol. The van der Waals surface area contributed by atoms with Crippen molar-refractivity contribution in [3.63, 3.8) is 0 Å². The van der Waals surface area contributed by atoms with E-state index in [4.69, 9.17) is 11.6 Å². The van der Waals surface area contributed by atoms with Crippen molar-refractivity contribution in [2.24, 2.45) is 0 Å². The molecule has 0 amide bonds. The lowest BCUT2D eigenvalue weighted by Crippen LogP contribution is -2.02. The maximum Gasteiger partial charge on any atom is 0.124 e. The first-order valence-corrected chi connectivity index (χ1v) is 44.2. The summed E-state index contributed by atoms with van der Waals surface area (Å²) in [5, 5.41) is 16.5. The van der Waals surface area contributed by atoms with Gasteiger partial charge in [0.1, 0.15) is 79.8 Å². The van der Waals surface area contributed by atoms with Gasteiger partial charge in [-0.2, -0.15) is 0 Å². The maximum absolute atomic E-state index is 13.5. The number of para-hydroxylation sites is 1. The van der Waals surface area contributed by atoms with Gasteiger partial charge in [0, 0.05) is 73.0 Å². The molecule has 12 nitrogen and oxygen atoms in total. The predicted molar refractivity (Wildman–Crippen MR) is 462 cm³/mol. The number of nitrogens with zero attached hydrogens (tertiary/aromatic N) is 12. The van der Waals surface area contributed by atoms with Crippen molar-refractivity contribution in [3.8, 4) is 11.1 Å². The maximum atomic E-state index is 13.5. The Morgan fingerprint density at radius 3 is 1.11 bits per heavy atom. The van der Waals surface area contributed by atoms with Crippen molar-refractivity contribution in [3.05, 3.63) is 270 Å². The van der Waals surface area contributed by atoms with Gasteiger partial charge in [0.05, 0.1) is 33.1 Å². The van der Waals surface area contributed by atoms with Crippen LogP contribution in [0.25, 0.3) is 76.5 Å². The number of thioether (sulfide) groups is 5. The van der Waals surface area contributed by atoms with E-state index in [2.05, 4.69) is 173 Å². The Morgan fingerprint density at radius 2 is 0.631 bits per heavy atom. The van der Waals surface area contributed by atoms with Crippen molar-refractivity contribution < 1.29 is 8.78 Å². The first-order valence-electron chi connectivity index (χ1n) is 37.9. The van der Waals surface area contributed by atoms with E-state index in [9.17, 15) is 8.78 Å². The van der Waals surface area contributed by atoms with Gasteiger partial charge in [0.25, 0.3) is 0 Å². The summed E-state index contributed by atoms with van der Waals surface area (Å²) in [6, 6.07) is 64.9. The Morgan fingerprint density at radius 1 is 0.288 bits per heavy atom. The van der Waals surface area contributed by atoms with Crippen LogP contribution in [-0.2, 0) is 12.8 Å². The van der Waals surface area contributed by atoms with Crippen molar-refractivity contribution in [2.75, 3.05) is 0 Å². The molecule has 5 aliphatic rings. The lowest BCUT2D eigenvalue weighted by molar-refractivity contribution is 0.629. The van der Waals surface area contributed by atoms with Crippen LogP contribution < -0.4 is 0 Å². The minimum Gasteiger partial charge on any atom is -0.236 e. The Kier molecular flexibility index (Phi) is 27.4. The quantitative estimate of drug-likeness (QED) is 0.100. The van der Waals surface area contributed by atoms with Gasteiger partial charge < -0.3 is 0 Å². The van der Waals surface area contributed by atoms with Gasteiger partial charge in [0.2, 0.25) is 0 Å². The first-order chi connectivity index (χ1) is 54.6. The molecule has 111 heavy (non-hydrogen) atoms. The van der Waals surface area contributed by atoms with E-state index >= 15 is 0 Å². The molecule has 0 bridgehead atoms. The van der Waals surface area contributed by atoms with E-state index in [1.165, 1.54) is 184 Å². The summed E-state index contributed by atoms with van der Waals surface area (Å²) in [4.78, 5) is 53.1. The van der Waals surface area contributed by atoms with Crippen LogP contribution in [0.3, 0.4) is 0 Å². The van der Waals surface area contributed by atoms with Crippen LogP contribution in [0.1, 0.15) is 114 Å². The second-order valence-electron chi connectivity index (χ2n) is 27.8. The molecule has 0 atom stereocenters. The second-order valence-corrected chi connectivity index (χ2v) is 36.6. The topological polar surface area (TPSA) is 155 Å². The molecule has 0 radical (unpaired) electrons. The Labute approximate surface area is 684 Å². The van der Waals surface area contributed by atoms with Crippen LogP contribution in [0, 0.1) is 11.6 Å². The number of rotatable bonds is 13. The standard InChI is InChI=1S/C19H18N2S.C17H13FN2S.C14H9FN2S.C13H13BrN2S.C13H13ClN2S.C13H14N2S/c1-2-6-14(7-3-1)15-10-11-18-17(12-15)19(21-13-20-18)22-16-8-4-5-9-16;18-13-5-6-16-15(9-13)17(20-10-19-16)21-14-7-11-3-1-2-4-12(11)8-14;15-10-6-7-13-12(8-10)14(17-9-16-13)18-11-4-2-1-3-5-11;2*14-9-5-6-12-11(7-9)13(16-8-15-12)17-10-3-1-2-4-10;1-2-6-10(5-1)16-13-11-7-3-4-8-12(11)14-9-15-13/h1-3,6-7,10-13,16H,4-5,8-9H2;1-6,9-10,14H,7-8H2;1-9H;2*5-8,10H,1-4H2;3-4,7-10H,1-2,5-6H2. The van der Waals surface area contributed by atoms with Gasteiger partial charge in [-0.1, -0.05) is 188 Å². The van der Waals surface area contributed by atoms with Gasteiger partial charge in [-0.3, -0.25) is 0 Å². The summed E-state index contributed by atoms with van der Waals surface area (Å²) in [6.07, 6.45) is 33.3. The fourth-order valence-corrected chi connectivity index (χ4v) is 22.2. The first kappa shape index (κ1) is 78.0. The summed E-state index contributed by atoms with van der Waals surface area (Å²) < 4.78 is 27.9. The Balaban J connectivity index is 0.000000106. The highest BCUT2D eigenvalue weighted by Crippen LogP contribution is 2.43. The molecule has 0 aliphatic heterocycles. The smallest absolute Gasteiger partial charge is 0.124 e. The van der Waals surface area contributed by atoms with Gasteiger partial charge in [-0.25, -0.2) is 68.6 Å². The third kappa shape index (κ3) is 21.2. The summed E-state index contributed by atoms with van der Waals surface area (Å²) in [5.74, 6) is -0.513. The average Bonchev–Trinajstić information content (AvgIpc) is 1.69. The van der Waals surface area contributed by atoms with Crippen molar-refractivity contribution in [1.29, 1.82) is 0 Å². The minimum atomic E-state index is -0.271. The van der Waals surface area contributed by atoms with E-state index in [-0.39, 0.29) is 11.6 Å². The third-order valence-corrected chi connectivity index (χ3v) is 28.4. The number of hydrogen-bond acceptors (Lipinski definition) is 18. The lowest BCUT2D eigenvalue weighted by Gasteiger charge is -2.11. The molecule has 5 aliphatic carbocycles. The van der Waals surface area contributed by atoms with Gasteiger partial charge in [-0.05, 0) is 190 Å². The lowest BCUT2D eigenvalue weighted by atomic mass is 10.0. The third-order valence-electron chi connectivity index (χ3n) is 20.0. The molecule has 0 N–H and O–H groups in total. The summed E-state index contributed by atoms with van der Waals surface area (Å²) in [7, 11) is 0. The number of aromatic nitrogens is 12. The molecule has 9 aromatic carbocycles. The van der Waals surface area contributed by atoms with Crippen LogP contribution in [0.5, 0.6) is 0 Å². The fourth-order valence-electron chi connectivity index (χ4n) is 14.4. The van der Waals surface area contributed by atoms with Crippen LogP contribution in [0.4, 0.5) is 8.78 Å². The Hall–Kier alpha value is -8.25. The molecule has 0 spiro atoms. The average molecular weight is 1660 g/mol. The highest BCUT2D eigenvalue weighted by Gasteiger charge is 2.25. The molecule has 22 heteroatoms. The number of fused-ring (bicyclic) bond motifs is 7. The normalized spacial score (nSPS) is 15.1. The molecule has 560 valence electrons. The van der Waals surface area contributed by atoms with Crippen LogP contribution >= 0.6 is 98.1 Å². The van der Waals surface area contributed by atoms with Crippen LogP contribution in [0.2, 0.25) is 5.02 Å². The zero-order chi connectivity index (χ0) is 75.5. The van der Waals surface area contributed by atoms with E-state index in [1.807, 2.05) is 114 Å². The molecule has 20 rings (SSSR count). The van der Waals surface area contributed by atoms with Crippen LogP contribution in [0.15, 0.2) is 278 Å². The van der Waals surface area contributed by atoms with Crippen molar-refractivity contribution in [2.45, 2.75) is 177 Å². The number of halogens is 4. The number of benzene rings is 9. The van der Waals surface area contributed by atoms with Gasteiger partial charge in [-0.15, -0.1) is 58.8 Å². The molecule has 0 unspecified atom stereocenters. The molecule has 15 aromatic rings. The SMILES string of the molecule is Brc1ccc2ncnc(SC3CCCC3)c2c1.Clc1ccc2ncnc(SC3CCCC3)c2c1.Fc1ccc2ncnc(SC3Cc4ccccc4C3)c2c1.Fc1ccc2ncnc(Sc3ccccc3)c2c1.c1ccc(-c2ccc3ncnc(SC4CCCC4)c3c2)cc1.c1ccc2c(SC3CCCC3)ncnc2c1. The molecule has 0 saturated heterocycles. The van der Waals surface area contributed by atoms with Crippen molar-refractivity contribution in [1.82, 2.24) is 59.8 Å². The second kappa shape index (κ2) is 39.0. The monoisotopic (exact) mass is 1660 g/mol. The molecular formula is C89H80BrClF2N12S6. The zero-order valence-corrected chi connectivity index (χ0v) is 68.2. The highest BCUT2D eigenvalue weighted by molar-refractivity contribution is 9.10. The van der Waals surface area contributed by atoms with Gasteiger partial charge in [0.15, 0.2) is 0 Å². The van der Waals surface area contributed by atoms with E-state index < -0.39 is 0 Å². The molecule has 4 fully saturated rings. The summed E-state index contributed by atoms with van der Waals surface area (Å²) in [5.41, 5.74) is 11.0. The molecule has 4 saturated carbocycles. The minimum absolute atomic E-state index is 0.242. The number of hydrogen-bond donors (Lipinski definition) is 0. The predicted octanol–water partition coefficient (Wildman–Crippen LogP) is 25.7. The highest BCUT2D eigenvalue weighted by atomic mass is 79.9. The van der Waals surface area contributed by atoms with E-state index in [1.54, 1.807) is 55.5 Å². The van der Waals surface area contributed by atoms with Crippen LogP contribution in [-0.4, -0.2) is 86.1 Å². The fraction of sp³-hybridized carbons (Fsp3) is 0.258. The zero-order valence-electron chi connectivity index (χ0n) is 61.0. The van der Waals surface area contributed by atoms with Gasteiger partial charge >= 0.3 is 0 Å². The Bertz CT molecular complexity index is 5500.